The van der Waals surface area contributed by atoms with E-state index in [4.69, 9.17) is 23.9 Å². The van der Waals surface area contributed by atoms with Gasteiger partial charge in [0.05, 0.1) is 6.54 Å². The SMILES string of the molecule is Cc1cc(C)c(CN2CCc3cc4c(cc3C2=O)OC(C)([C@H]2CC[C@H](NC(=O)OC(C)(C)C)CC2)O4)c(OCc2ccccc2)n1. The molecule has 1 aromatic heterocycles. The van der Waals surface area contributed by atoms with Crippen molar-refractivity contribution in [1.82, 2.24) is 15.2 Å². The van der Waals surface area contributed by atoms with Gasteiger partial charge in [0.15, 0.2) is 11.5 Å². The van der Waals surface area contributed by atoms with Crippen molar-refractivity contribution in [1.29, 1.82) is 0 Å². The molecule has 46 heavy (non-hydrogen) atoms. The summed E-state index contributed by atoms with van der Waals surface area (Å²) < 4.78 is 24.6. The normalized spacial score (nSPS) is 22.3. The molecule has 1 fully saturated rings. The molecule has 3 aromatic rings. The number of carbonyl (C=O) groups excluding carboxylic acids is 2. The minimum absolute atomic E-state index is 0.0380. The molecule has 1 saturated carbocycles. The van der Waals surface area contributed by atoms with E-state index in [1.807, 2.05) is 95.0 Å². The van der Waals surface area contributed by atoms with E-state index in [2.05, 4.69) is 5.32 Å². The molecule has 0 radical (unpaired) electrons. The second kappa shape index (κ2) is 12.5. The predicted molar refractivity (Wildman–Crippen MR) is 174 cm³/mol. The maximum absolute atomic E-state index is 13.9. The Morgan fingerprint density at radius 3 is 2.43 bits per heavy atom. The Morgan fingerprint density at radius 1 is 1.04 bits per heavy atom. The number of benzene rings is 2. The predicted octanol–water partition coefficient (Wildman–Crippen LogP) is 7.05. The Morgan fingerprint density at radius 2 is 1.74 bits per heavy atom. The Labute approximate surface area is 271 Å². The number of nitrogens with one attached hydrogen (secondary N) is 1. The van der Waals surface area contributed by atoms with Gasteiger partial charge in [-0.2, -0.15) is 0 Å². The van der Waals surface area contributed by atoms with Crippen molar-refractivity contribution >= 4 is 12.0 Å². The van der Waals surface area contributed by atoms with Crippen LogP contribution in [0.5, 0.6) is 17.4 Å². The molecule has 0 spiro atoms. The molecule has 1 aliphatic carbocycles. The van der Waals surface area contributed by atoms with Crippen LogP contribution in [0.1, 0.15) is 91.7 Å². The zero-order chi connectivity index (χ0) is 32.6. The fraction of sp³-hybridized carbons (Fsp3) is 0.486. The van der Waals surface area contributed by atoms with E-state index < -0.39 is 11.4 Å². The van der Waals surface area contributed by atoms with Crippen LogP contribution >= 0.6 is 0 Å². The molecule has 3 aliphatic rings. The number of alkyl carbamates (subject to hydrolysis) is 1. The van der Waals surface area contributed by atoms with Crippen molar-refractivity contribution in [3.63, 3.8) is 0 Å². The van der Waals surface area contributed by atoms with Gasteiger partial charge in [0.25, 0.3) is 11.7 Å². The average molecular weight is 628 g/mol. The molecular formula is C37H45N3O6. The van der Waals surface area contributed by atoms with Gasteiger partial charge in [0.1, 0.15) is 12.2 Å². The first-order valence-corrected chi connectivity index (χ1v) is 16.3. The van der Waals surface area contributed by atoms with E-state index in [0.717, 1.165) is 53.6 Å². The van der Waals surface area contributed by atoms with Crippen LogP contribution in [0.25, 0.3) is 0 Å². The largest absolute Gasteiger partial charge is 0.473 e. The number of rotatable bonds is 7. The van der Waals surface area contributed by atoms with E-state index >= 15 is 0 Å². The van der Waals surface area contributed by atoms with Crippen LogP contribution in [0, 0.1) is 19.8 Å². The molecule has 1 N–H and O–H groups in total. The summed E-state index contributed by atoms with van der Waals surface area (Å²) in [5, 5.41) is 3.01. The van der Waals surface area contributed by atoms with E-state index in [1.54, 1.807) is 0 Å². The highest BCUT2D eigenvalue weighted by Gasteiger charge is 2.46. The standard InChI is InChI=1S/C37H45N3O6/c1-23-18-24(2)38-33(43-22-25-10-8-7-9-11-25)30(23)21-40-17-16-26-19-31-32(20-29(26)34(40)41)45-37(6,44-31)27-12-14-28(15-13-27)39-35(42)46-36(3,4)5/h7-11,18-20,27-28H,12-17,21-22H2,1-6H3,(H,39,42)/t27-,28-,37?. The summed E-state index contributed by atoms with van der Waals surface area (Å²) in [6, 6.07) is 15.9. The highest BCUT2D eigenvalue weighted by Crippen LogP contribution is 2.48. The zero-order valence-corrected chi connectivity index (χ0v) is 27.8. The van der Waals surface area contributed by atoms with Crippen molar-refractivity contribution in [3.8, 4) is 17.4 Å². The number of pyridine rings is 1. The highest BCUT2D eigenvalue weighted by molar-refractivity contribution is 5.97. The van der Waals surface area contributed by atoms with Gasteiger partial charge in [-0.15, -0.1) is 0 Å². The first kappa shape index (κ1) is 31.7. The number of hydrogen-bond acceptors (Lipinski definition) is 7. The molecule has 6 rings (SSSR count). The number of fused-ring (bicyclic) bond motifs is 2. The van der Waals surface area contributed by atoms with Crippen LogP contribution in [0.4, 0.5) is 4.79 Å². The molecule has 2 amide bonds. The van der Waals surface area contributed by atoms with Crippen molar-refractivity contribution in [2.45, 2.75) is 104 Å². The first-order valence-electron chi connectivity index (χ1n) is 16.3. The topological polar surface area (TPSA) is 99.2 Å². The number of hydrogen-bond donors (Lipinski definition) is 1. The number of aryl methyl sites for hydroxylation is 2. The molecular weight excluding hydrogens is 582 g/mol. The van der Waals surface area contributed by atoms with Crippen LogP contribution in [-0.2, 0) is 24.3 Å². The zero-order valence-electron chi connectivity index (χ0n) is 27.8. The van der Waals surface area contributed by atoms with E-state index in [0.29, 0.717) is 49.1 Å². The smallest absolute Gasteiger partial charge is 0.407 e. The van der Waals surface area contributed by atoms with Crippen molar-refractivity contribution in [2.24, 2.45) is 5.92 Å². The van der Waals surface area contributed by atoms with Crippen molar-refractivity contribution in [2.75, 3.05) is 6.54 Å². The van der Waals surface area contributed by atoms with Crippen LogP contribution in [0.15, 0.2) is 48.5 Å². The molecule has 0 saturated heterocycles. The van der Waals surface area contributed by atoms with Gasteiger partial charge in [-0.3, -0.25) is 4.79 Å². The van der Waals surface area contributed by atoms with E-state index in [9.17, 15) is 9.59 Å². The van der Waals surface area contributed by atoms with Crippen molar-refractivity contribution in [3.05, 3.63) is 82.0 Å². The minimum Gasteiger partial charge on any atom is -0.473 e. The van der Waals surface area contributed by atoms with Crippen LogP contribution in [0.2, 0.25) is 0 Å². The van der Waals surface area contributed by atoms with Gasteiger partial charge in [-0.25, -0.2) is 9.78 Å². The fourth-order valence-corrected chi connectivity index (χ4v) is 6.76. The summed E-state index contributed by atoms with van der Waals surface area (Å²) in [7, 11) is 0. The van der Waals surface area contributed by atoms with Gasteiger partial charge >= 0.3 is 6.09 Å². The highest BCUT2D eigenvalue weighted by atomic mass is 16.7. The van der Waals surface area contributed by atoms with Crippen LogP contribution in [-0.4, -0.2) is 45.9 Å². The number of aromatic nitrogens is 1. The van der Waals surface area contributed by atoms with E-state index in [-0.39, 0.29) is 24.0 Å². The Balaban J connectivity index is 1.12. The molecule has 9 nitrogen and oxygen atoms in total. The van der Waals surface area contributed by atoms with Gasteiger partial charge in [0, 0.05) is 42.2 Å². The summed E-state index contributed by atoms with van der Waals surface area (Å²) in [5.74, 6) is 1.13. The second-order valence-corrected chi connectivity index (χ2v) is 14.0. The monoisotopic (exact) mass is 627 g/mol. The molecule has 3 heterocycles. The first-order chi connectivity index (χ1) is 21.9. The lowest BCUT2D eigenvalue weighted by molar-refractivity contribution is -0.121. The fourth-order valence-electron chi connectivity index (χ4n) is 6.76. The lowest BCUT2D eigenvalue weighted by atomic mass is 9.81. The third-order valence-electron chi connectivity index (χ3n) is 9.16. The summed E-state index contributed by atoms with van der Waals surface area (Å²) in [4.78, 5) is 32.7. The van der Waals surface area contributed by atoms with Gasteiger partial charge in [-0.1, -0.05) is 30.3 Å². The van der Waals surface area contributed by atoms with E-state index in [1.165, 1.54) is 0 Å². The maximum Gasteiger partial charge on any atom is 0.407 e. The van der Waals surface area contributed by atoms with Crippen LogP contribution in [0.3, 0.4) is 0 Å². The number of ether oxygens (including phenoxy) is 4. The van der Waals surface area contributed by atoms with Crippen molar-refractivity contribution < 1.29 is 28.5 Å². The summed E-state index contributed by atoms with van der Waals surface area (Å²) in [6.07, 6.45) is 3.66. The lowest BCUT2D eigenvalue weighted by Gasteiger charge is -2.37. The average Bonchev–Trinajstić information content (AvgIpc) is 3.33. The second-order valence-electron chi connectivity index (χ2n) is 14.0. The van der Waals surface area contributed by atoms with Gasteiger partial charge in [-0.05, 0) is 102 Å². The lowest BCUT2D eigenvalue weighted by Crippen LogP contribution is -2.48. The third kappa shape index (κ3) is 6.93. The molecule has 2 aromatic carbocycles. The summed E-state index contributed by atoms with van der Waals surface area (Å²) in [6.45, 7) is 13.0. The third-order valence-corrected chi connectivity index (χ3v) is 9.16. The Kier molecular flexibility index (Phi) is 8.61. The van der Waals surface area contributed by atoms with Gasteiger partial charge < -0.3 is 29.2 Å². The Bertz CT molecular complexity index is 1610. The quantitative estimate of drug-likeness (QED) is 0.300. The number of nitrogens with zero attached hydrogens (tertiary/aromatic N) is 2. The number of amides is 2. The van der Waals surface area contributed by atoms with Crippen LogP contribution < -0.4 is 19.5 Å². The van der Waals surface area contributed by atoms with Gasteiger partial charge in [0.2, 0.25) is 5.88 Å². The molecule has 9 heteroatoms. The summed E-state index contributed by atoms with van der Waals surface area (Å²) in [5.41, 5.74) is 4.99. The molecule has 2 aliphatic heterocycles. The number of carbonyl (C=O) groups is 2. The molecule has 244 valence electrons. The maximum atomic E-state index is 13.9. The summed E-state index contributed by atoms with van der Waals surface area (Å²) >= 11 is 0. The molecule has 1 unspecified atom stereocenters. The molecule has 0 bridgehead atoms. The minimum atomic E-state index is -0.832. The Hall–Kier alpha value is -4.27. The molecule has 1 atom stereocenters.